The molecule has 0 aliphatic rings. The van der Waals surface area contributed by atoms with Crippen molar-refractivity contribution >= 4 is 11.7 Å². The van der Waals surface area contributed by atoms with Gasteiger partial charge < -0.3 is 4.90 Å². The highest BCUT2D eigenvalue weighted by atomic mass is 19.4. The Labute approximate surface area is 101 Å². The fourth-order valence-corrected chi connectivity index (χ4v) is 1.28. The lowest BCUT2D eigenvalue weighted by molar-refractivity contribution is -0.138. The molecular weight excluding hydrogens is 249 g/mol. The van der Waals surface area contributed by atoms with Gasteiger partial charge in [-0.2, -0.15) is 18.4 Å². The molecule has 0 aliphatic carbocycles. The molecule has 18 heavy (non-hydrogen) atoms. The van der Waals surface area contributed by atoms with Crippen LogP contribution in [0.3, 0.4) is 0 Å². The molecule has 1 heterocycles. The van der Waals surface area contributed by atoms with Crippen LogP contribution in [0.15, 0.2) is 18.3 Å². The van der Waals surface area contributed by atoms with Crippen LogP contribution in [-0.4, -0.2) is 35.6 Å². The van der Waals surface area contributed by atoms with Crippen molar-refractivity contribution in [3.63, 3.8) is 0 Å². The minimum Gasteiger partial charge on any atom is -0.332 e. The van der Waals surface area contributed by atoms with Crippen LogP contribution >= 0.6 is 0 Å². The zero-order valence-corrected chi connectivity index (χ0v) is 9.32. The summed E-state index contributed by atoms with van der Waals surface area (Å²) < 4.78 is 36.5. The Bertz CT molecular complexity index is 481. The largest absolute Gasteiger partial charge is 0.406 e. The molecule has 1 amide bonds. The van der Waals surface area contributed by atoms with Gasteiger partial charge in [-0.25, -0.2) is 4.98 Å². The SMILES string of the molecule is CN(CC(F)(F)F)C(=O)c1cccnc1NC#N. The maximum Gasteiger partial charge on any atom is 0.406 e. The Morgan fingerprint density at radius 1 is 1.61 bits per heavy atom. The van der Waals surface area contributed by atoms with E-state index in [1.165, 1.54) is 18.3 Å². The molecule has 0 bridgehead atoms. The van der Waals surface area contributed by atoms with Gasteiger partial charge in [-0.05, 0) is 12.1 Å². The summed E-state index contributed by atoms with van der Waals surface area (Å²) in [6, 6.07) is 2.69. The van der Waals surface area contributed by atoms with Crippen molar-refractivity contribution in [1.29, 1.82) is 5.26 Å². The van der Waals surface area contributed by atoms with Crippen molar-refractivity contribution in [2.75, 3.05) is 18.9 Å². The number of nitriles is 1. The number of hydrogen-bond acceptors (Lipinski definition) is 4. The maximum absolute atomic E-state index is 12.2. The van der Waals surface area contributed by atoms with Crippen LogP contribution in [0.2, 0.25) is 0 Å². The van der Waals surface area contributed by atoms with Crippen molar-refractivity contribution in [3.8, 4) is 6.19 Å². The van der Waals surface area contributed by atoms with Gasteiger partial charge in [0.2, 0.25) is 0 Å². The van der Waals surface area contributed by atoms with Gasteiger partial charge in [0, 0.05) is 13.2 Å². The molecule has 0 radical (unpaired) electrons. The minimum atomic E-state index is -4.48. The average molecular weight is 258 g/mol. The predicted molar refractivity (Wildman–Crippen MR) is 56.5 cm³/mol. The lowest BCUT2D eigenvalue weighted by Crippen LogP contribution is -2.36. The highest BCUT2D eigenvalue weighted by Gasteiger charge is 2.32. The number of nitrogens with one attached hydrogen (secondary N) is 1. The summed E-state index contributed by atoms with van der Waals surface area (Å²) in [7, 11) is 1.03. The monoisotopic (exact) mass is 258 g/mol. The minimum absolute atomic E-state index is 0.0703. The number of rotatable bonds is 3. The summed E-state index contributed by atoms with van der Waals surface area (Å²) >= 11 is 0. The Kier molecular flexibility index (Phi) is 4.09. The van der Waals surface area contributed by atoms with E-state index < -0.39 is 18.6 Å². The van der Waals surface area contributed by atoms with Crippen molar-refractivity contribution in [1.82, 2.24) is 9.88 Å². The number of nitrogens with zero attached hydrogens (tertiary/aromatic N) is 3. The van der Waals surface area contributed by atoms with Gasteiger partial charge in [0.05, 0.1) is 5.56 Å². The predicted octanol–water partition coefficient (Wildman–Crippen LogP) is 1.61. The smallest absolute Gasteiger partial charge is 0.332 e. The summed E-state index contributed by atoms with van der Waals surface area (Å²) in [4.78, 5) is 16.0. The number of alkyl halides is 3. The molecule has 0 atom stereocenters. The molecule has 1 N–H and O–H groups in total. The fourth-order valence-electron chi connectivity index (χ4n) is 1.28. The van der Waals surface area contributed by atoms with Crippen molar-refractivity contribution in [2.45, 2.75) is 6.18 Å². The van der Waals surface area contributed by atoms with Crippen LogP contribution in [0.5, 0.6) is 0 Å². The van der Waals surface area contributed by atoms with E-state index in [4.69, 9.17) is 5.26 Å². The van der Waals surface area contributed by atoms with E-state index >= 15 is 0 Å². The number of hydrogen-bond donors (Lipinski definition) is 1. The van der Waals surface area contributed by atoms with E-state index in [1.54, 1.807) is 6.19 Å². The molecule has 0 spiro atoms. The summed E-state index contributed by atoms with van der Waals surface area (Å²) in [5, 5.41) is 10.6. The molecule has 0 fully saturated rings. The second-order valence-electron chi connectivity index (χ2n) is 3.41. The van der Waals surface area contributed by atoms with Crippen molar-refractivity contribution in [3.05, 3.63) is 23.9 Å². The number of anilines is 1. The van der Waals surface area contributed by atoms with E-state index in [0.717, 1.165) is 7.05 Å². The zero-order chi connectivity index (χ0) is 13.8. The van der Waals surface area contributed by atoms with Crippen LogP contribution in [-0.2, 0) is 0 Å². The molecule has 0 aliphatic heterocycles. The summed E-state index contributed by atoms with van der Waals surface area (Å²) in [6.07, 6.45) is -1.60. The standard InChI is InChI=1S/C10H9F3N4O/c1-17(5-10(11,12)13)9(18)7-3-2-4-15-8(7)16-6-14/h2-4H,5H2,1H3,(H,15,16). The lowest BCUT2D eigenvalue weighted by atomic mass is 10.2. The van der Waals surface area contributed by atoms with Crippen LogP contribution < -0.4 is 5.32 Å². The number of carbonyl (C=O) groups is 1. The second kappa shape index (κ2) is 5.35. The summed E-state index contributed by atoms with van der Waals surface area (Å²) in [5.41, 5.74) is -0.0919. The molecule has 0 saturated heterocycles. The zero-order valence-electron chi connectivity index (χ0n) is 9.32. The Hall–Kier alpha value is -2.30. The van der Waals surface area contributed by atoms with Gasteiger partial charge in [0.25, 0.3) is 5.91 Å². The molecule has 0 saturated carbocycles. The fraction of sp³-hybridized carbons (Fsp3) is 0.300. The first-order valence-electron chi connectivity index (χ1n) is 4.77. The number of pyridine rings is 1. The molecule has 8 heteroatoms. The van der Waals surface area contributed by atoms with Gasteiger partial charge >= 0.3 is 6.18 Å². The molecule has 1 aromatic rings. The van der Waals surface area contributed by atoms with Crippen LogP contribution in [0.1, 0.15) is 10.4 Å². The van der Waals surface area contributed by atoms with E-state index in [0.29, 0.717) is 4.90 Å². The number of amides is 1. The molecule has 96 valence electrons. The lowest BCUT2D eigenvalue weighted by Gasteiger charge is -2.19. The van der Waals surface area contributed by atoms with E-state index in [-0.39, 0.29) is 11.4 Å². The van der Waals surface area contributed by atoms with Gasteiger partial charge in [-0.15, -0.1) is 0 Å². The van der Waals surface area contributed by atoms with Gasteiger partial charge in [0.15, 0.2) is 12.0 Å². The Morgan fingerprint density at radius 2 is 2.28 bits per heavy atom. The summed E-state index contributed by atoms with van der Waals surface area (Å²) in [6.45, 7) is -1.37. The van der Waals surface area contributed by atoms with Crippen LogP contribution in [0.4, 0.5) is 19.0 Å². The van der Waals surface area contributed by atoms with Crippen molar-refractivity contribution in [2.24, 2.45) is 0 Å². The Morgan fingerprint density at radius 3 is 2.83 bits per heavy atom. The first-order valence-corrected chi connectivity index (χ1v) is 4.77. The second-order valence-corrected chi connectivity index (χ2v) is 3.41. The van der Waals surface area contributed by atoms with E-state index in [1.807, 2.05) is 0 Å². The third-order valence-corrected chi connectivity index (χ3v) is 1.98. The normalized spacial score (nSPS) is 10.6. The summed E-state index contributed by atoms with van der Waals surface area (Å²) in [5.74, 6) is -0.933. The Balaban J connectivity index is 2.94. The molecule has 5 nitrogen and oxygen atoms in total. The number of halogens is 3. The third-order valence-electron chi connectivity index (χ3n) is 1.98. The van der Waals surface area contributed by atoms with Crippen LogP contribution in [0.25, 0.3) is 0 Å². The quantitative estimate of drug-likeness (QED) is 0.660. The molecule has 0 unspecified atom stereocenters. The molecule has 0 aromatic carbocycles. The number of aromatic nitrogens is 1. The third kappa shape index (κ3) is 3.62. The molecule has 1 rings (SSSR count). The highest BCUT2D eigenvalue weighted by Crippen LogP contribution is 2.19. The van der Waals surface area contributed by atoms with E-state index in [2.05, 4.69) is 10.3 Å². The van der Waals surface area contributed by atoms with Gasteiger partial charge in [-0.3, -0.25) is 10.1 Å². The first kappa shape index (κ1) is 13.8. The maximum atomic E-state index is 12.2. The van der Waals surface area contributed by atoms with Crippen molar-refractivity contribution < 1.29 is 18.0 Å². The molecular formula is C10H9F3N4O. The number of carbonyl (C=O) groups excluding carboxylic acids is 1. The topological polar surface area (TPSA) is 69.0 Å². The van der Waals surface area contributed by atoms with Gasteiger partial charge in [-0.1, -0.05) is 0 Å². The van der Waals surface area contributed by atoms with E-state index in [9.17, 15) is 18.0 Å². The van der Waals surface area contributed by atoms with Crippen LogP contribution in [0, 0.1) is 11.5 Å². The highest BCUT2D eigenvalue weighted by molar-refractivity contribution is 5.98. The molecule has 1 aromatic heterocycles. The van der Waals surface area contributed by atoms with Gasteiger partial charge in [0.1, 0.15) is 6.54 Å². The first-order chi connectivity index (χ1) is 8.35. The average Bonchev–Trinajstić information content (AvgIpc) is 2.27.